The van der Waals surface area contributed by atoms with Crippen molar-refractivity contribution < 1.29 is 9.69 Å². The van der Waals surface area contributed by atoms with Crippen LogP contribution in [0.3, 0.4) is 0 Å². The van der Waals surface area contributed by atoms with Crippen LogP contribution in [0, 0.1) is 6.92 Å². The molecule has 0 aliphatic carbocycles. The van der Waals surface area contributed by atoms with E-state index in [1.54, 1.807) is 4.90 Å². The molecule has 0 heterocycles. The molecule has 0 aromatic heterocycles. The van der Waals surface area contributed by atoms with Crippen LogP contribution in [0.15, 0.2) is 24.3 Å². The number of hydrogen-bond acceptors (Lipinski definition) is 2. The quantitative estimate of drug-likeness (QED) is 0.498. The van der Waals surface area contributed by atoms with Gasteiger partial charge in [-0.1, -0.05) is 17.7 Å². The highest BCUT2D eigenvalue weighted by Crippen LogP contribution is 2.08. The Morgan fingerprint density at radius 2 is 1.91 bits per heavy atom. The molecule has 1 amide bonds. The summed E-state index contributed by atoms with van der Waals surface area (Å²) < 4.78 is 0. The van der Waals surface area contributed by atoms with E-state index in [9.17, 15) is 4.79 Å². The fraction of sp³-hybridized carbons (Fsp3) is 0.500. The van der Waals surface area contributed by atoms with Crippen LogP contribution in [-0.4, -0.2) is 56.7 Å². The summed E-state index contributed by atoms with van der Waals surface area (Å²) in [6.45, 7) is 4.17. The van der Waals surface area contributed by atoms with Crippen molar-refractivity contribution in [2.45, 2.75) is 13.3 Å². The minimum Gasteiger partial charge on any atom is -0.362 e. The van der Waals surface area contributed by atoms with Gasteiger partial charge in [0.15, 0.2) is 5.11 Å². The molecule has 6 heteroatoms. The molecular formula is C16H27N4OS+. The van der Waals surface area contributed by atoms with Crippen LogP contribution in [0.4, 0.5) is 5.69 Å². The van der Waals surface area contributed by atoms with Crippen LogP contribution in [0.5, 0.6) is 0 Å². The van der Waals surface area contributed by atoms with E-state index in [1.165, 1.54) is 10.5 Å². The molecule has 0 atom stereocenters. The molecule has 0 aliphatic heterocycles. The van der Waals surface area contributed by atoms with Crippen LogP contribution in [0.1, 0.15) is 12.0 Å². The van der Waals surface area contributed by atoms with Gasteiger partial charge in [0, 0.05) is 25.7 Å². The maximum Gasteiger partial charge on any atom is 0.243 e. The number of nitrogens with zero attached hydrogens (tertiary/aromatic N) is 1. The summed E-state index contributed by atoms with van der Waals surface area (Å²) in [7, 11) is 6.07. The Bertz CT molecular complexity index is 487. The van der Waals surface area contributed by atoms with E-state index >= 15 is 0 Å². The van der Waals surface area contributed by atoms with Crippen molar-refractivity contribution >= 4 is 28.9 Å². The van der Waals surface area contributed by atoms with Gasteiger partial charge >= 0.3 is 0 Å². The first-order valence-electron chi connectivity index (χ1n) is 7.53. The van der Waals surface area contributed by atoms with Crippen LogP contribution in [0.25, 0.3) is 0 Å². The number of rotatable bonds is 7. The number of benzene rings is 1. The first kappa shape index (κ1) is 18.4. The smallest absolute Gasteiger partial charge is 0.243 e. The third kappa shape index (κ3) is 7.38. The molecule has 0 aliphatic rings. The van der Waals surface area contributed by atoms with E-state index in [2.05, 4.69) is 24.7 Å². The molecule has 0 saturated heterocycles. The molecule has 5 nitrogen and oxygen atoms in total. The van der Waals surface area contributed by atoms with Crippen LogP contribution >= 0.6 is 12.2 Å². The SMILES string of the molecule is Cc1ccc(NC(=O)CN(C)C(=S)NCCC[NH+](C)C)cc1. The Hall–Kier alpha value is -1.66. The van der Waals surface area contributed by atoms with Gasteiger partial charge in [-0.2, -0.15) is 0 Å². The largest absolute Gasteiger partial charge is 0.362 e. The second-order valence-electron chi connectivity index (χ2n) is 5.81. The number of carbonyl (C=O) groups excluding carboxylic acids is 1. The summed E-state index contributed by atoms with van der Waals surface area (Å²) >= 11 is 5.28. The summed E-state index contributed by atoms with van der Waals surface area (Å²) in [6.07, 6.45) is 1.05. The number of amides is 1. The maximum absolute atomic E-state index is 12.0. The molecule has 1 aromatic carbocycles. The summed E-state index contributed by atoms with van der Waals surface area (Å²) in [5.41, 5.74) is 1.97. The first-order valence-corrected chi connectivity index (χ1v) is 7.94. The zero-order valence-electron chi connectivity index (χ0n) is 13.9. The molecule has 22 heavy (non-hydrogen) atoms. The molecule has 0 bridgehead atoms. The lowest BCUT2D eigenvalue weighted by molar-refractivity contribution is -0.858. The topological polar surface area (TPSA) is 48.8 Å². The molecule has 0 unspecified atom stereocenters. The second kappa shape index (κ2) is 9.38. The highest BCUT2D eigenvalue weighted by molar-refractivity contribution is 7.80. The molecule has 1 aromatic rings. The van der Waals surface area contributed by atoms with Crippen molar-refractivity contribution in [2.75, 3.05) is 46.1 Å². The van der Waals surface area contributed by atoms with Gasteiger partial charge in [-0.15, -0.1) is 0 Å². The molecule has 0 spiro atoms. The van der Waals surface area contributed by atoms with Crippen LogP contribution in [-0.2, 0) is 4.79 Å². The predicted molar refractivity (Wildman–Crippen MR) is 95.3 cm³/mol. The van der Waals surface area contributed by atoms with Crippen molar-refractivity contribution in [1.29, 1.82) is 0 Å². The van der Waals surface area contributed by atoms with Gasteiger partial charge in [0.1, 0.15) is 0 Å². The Balaban J connectivity index is 2.30. The lowest BCUT2D eigenvalue weighted by atomic mass is 10.2. The van der Waals surface area contributed by atoms with Gasteiger partial charge in [0.2, 0.25) is 5.91 Å². The number of nitrogens with one attached hydrogen (secondary N) is 3. The number of thiocarbonyl (C=S) groups is 1. The molecule has 0 fully saturated rings. The third-order valence-electron chi connectivity index (χ3n) is 3.19. The predicted octanol–water partition coefficient (Wildman–Crippen LogP) is 0.274. The normalized spacial score (nSPS) is 10.4. The van der Waals surface area contributed by atoms with E-state index in [-0.39, 0.29) is 12.5 Å². The van der Waals surface area contributed by atoms with Gasteiger partial charge in [-0.05, 0) is 31.3 Å². The van der Waals surface area contributed by atoms with E-state index in [0.29, 0.717) is 5.11 Å². The molecule has 0 radical (unpaired) electrons. The number of hydrogen-bond donors (Lipinski definition) is 3. The molecular weight excluding hydrogens is 296 g/mol. The number of carbonyl (C=O) groups is 1. The second-order valence-corrected chi connectivity index (χ2v) is 6.20. The zero-order valence-corrected chi connectivity index (χ0v) is 14.7. The standard InChI is InChI=1S/C16H26N4OS/c1-13-6-8-14(9-7-13)18-15(21)12-20(4)16(22)17-10-5-11-19(2)3/h6-9H,5,10-12H2,1-4H3,(H,17,22)(H,18,21)/p+1. The maximum atomic E-state index is 12.0. The van der Waals surface area contributed by atoms with E-state index in [0.717, 1.165) is 25.2 Å². The first-order chi connectivity index (χ1) is 10.4. The highest BCUT2D eigenvalue weighted by Gasteiger charge is 2.09. The lowest BCUT2D eigenvalue weighted by Gasteiger charge is -2.20. The lowest BCUT2D eigenvalue weighted by Crippen LogP contribution is -3.05. The van der Waals surface area contributed by atoms with Gasteiger partial charge in [0.25, 0.3) is 0 Å². The summed E-state index contributed by atoms with van der Waals surface area (Å²) in [5, 5.41) is 6.65. The van der Waals surface area contributed by atoms with E-state index in [1.807, 2.05) is 38.2 Å². The molecule has 122 valence electrons. The minimum absolute atomic E-state index is 0.0757. The fourth-order valence-electron chi connectivity index (χ4n) is 1.90. The van der Waals surface area contributed by atoms with Gasteiger partial charge < -0.3 is 20.4 Å². The van der Waals surface area contributed by atoms with Gasteiger partial charge in [-0.25, -0.2) is 0 Å². The van der Waals surface area contributed by atoms with Crippen molar-refractivity contribution in [3.8, 4) is 0 Å². The summed E-state index contributed by atoms with van der Waals surface area (Å²) in [5.74, 6) is -0.0757. The van der Waals surface area contributed by atoms with E-state index in [4.69, 9.17) is 12.2 Å². The van der Waals surface area contributed by atoms with Crippen molar-refractivity contribution in [1.82, 2.24) is 10.2 Å². The Kier molecular flexibility index (Phi) is 7.84. The zero-order chi connectivity index (χ0) is 16.5. The number of quaternary nitrogens is 1. The minimum atomic E-state index is -0.0757. The fourth-order valence-corrected chi connectivity index (χ4v) is 2.06. The molecule has 1 rings (SSSR count). The van der Waals surface area contributed by atoms with Crippen LogP contribution < -0.4 is 15.5 Å². The monoisotopic (exact) mass is 323 g/mol. The summed E-state index contributed by atoms with van der Waals surface area (Å²) in [6, 6.07) is 7.73. The number of aryl methyl sites for hydroxylation is 1. The molecule has 0 saturated carbocycles. The Labute approximate surface area is 138 Å². The van der Waals surface area contributed by atoms with Crippen molar-refractivity contribution in [3.63, 3.8) is 0 Å². The average molecular weight is 323 g/mol. The van der Waals surface area contributed by atoms with E-state index < -0.39 is 0 Å². The van der Waals surface area contributed by atoms with Crippen molar-refractivity contribution in [3.05, 3.63) is 29.8 Å². The van der Waals surface area contributed by atoms with Gasteiger partial charge in [-0.3, -0.25) is 4.79 Å². The van der Waals surface area contributed by atoms with Crippen molar-refractivity contribution in [2.24, 2.45) is 0 Å². The van der Waals surface area contributed by atoms with Gasteiger partial charge in [0.05, 0.1) is 27.2 Å². The number of likely N-dealkylation sites (N-methyl/N-ethyl adjacent to an activating group) is 1. The third-order valence-corrected chi connectivity index (χ3v) is 3.65. The Morgan fingerprint density at radius 1 is 1.27 bits per heavy atom. The Morgan fingerprint density at radius 3 is 2.50 bits per heavy atom. The summed E-state index contributed by atoms with van der Waals surface area (Å²) in [4.78, 5) is 15.2. The highest BCUT2D eigenvalue weighted by atomic mass is 32.1. The molecule has 3 N–H and O–H groups in total. The van der Waals surface area contributed by atoms with Crippen LogP contribution in [0.2, 0.25) is 0 Å². The number of anilines is 1. The average Bonchev–Trinajstić information content (AvgIpc) is 2.45.